The number of halogens is 1. The van der Waals surface area contributed by atoms with E-state index in [0.29, 0.717) is 17.0 Å². The number of oxazole rings is 1. The average molecular weight is 440 g/mol. The molecule has 0 bridgehead atoms. The van der Waals surface area contributed by atoms with Crippen LogP contribution in [0.1, 0.15) is 5.56 Å². The topological polar surface area (TPSA) is 58.6 Å². The molecule has 0 radical (unpaired) electrons. The van der Waals surface area contributed by atoms with Crippen LogP contribution in [0.4, 0.5) is 5.69 Å². The number of fused-ring (bicyclic) bond motifs is 1. The lowest BCUT2D eigenvalue weighted by Crippen LogP contribution is -1.84. The van der Waals surface area contributed by atoms with Crippen LogP contribution < -0.4 is 0 Å². The molecule has 0 aliphatic rings. The van der Waals surface area contributed by atoms with Crippen molar-refractivity contribution in [2.75, 3.05) is 0 Å². The molecule has 0 aliphatic carbocycles. The van der Waals surface area contributed by atoms with Crippen LogP contribution in [-0.2, 0) is 0 Å². The van der Waals surface area contributed by atoms with Gasteiger partial charge in [0.15, 0.2) is 5.58 Å². The lowest BCUT2D eigenvalue weighted by atomic mass is 10.2. The van der Waals surface area contributed by atoms with Crippen molar-refractivity contribution in [1.82, 2.24) is 4.98 Å². The molecule has 0 fully saturated rings. The number of para-hydroxylation sites is 1. The molecule has 1 aromatic heterocycles. The Kier molecular flexibility index (Phi) is 4.23. The molecular weight excluding hydrogens is 427 g/mol. The first kappa shape index (κ1) is 15.8. The molecule has 122 valence electrons. The van der Waals surface area contributed by atoms with Gasteiger partial charge in [-0.05, 0) is 59.0 Å². The molecule has 25 heavy (non-hydrogen) atoms. The maximum Gasteiger partial charge on any atom is 0.227 e. The van der Waals surface area contributed by atoms with Gasteiger partial charge in [-0.15, -0.1) is 0 Å². The Balaban J connectivity index is 1.67. The van der Waals surface area contributed by atoms with Crippen LogP contribution >= 0.6 is 22.6 Å². The minimum atomic E-state index is 0.235. The molecule has 4 aromatic rings. The number of phenols is 1. The normalized spacial score (nSPS) is 11.4. The fraction of sp³-hybridized carbons (Fsp3) is 0. The molecule has 1 heterocycles. The van der Waals surface area contributed by atoms with Crippen LogP contribution in [0, 0.1) is 3.57 Å². The third-order valence-electron chi connectivity index (χ3n) is 3.76. The lowest BCUT2D eigenvalue weighted by molar-refractivity contribution is 0.470. The zero-order valence-electron chi connectivity index (χ0n) is 13.1. The number of phenolic OH excluding ortho intramolecular Hbond substituents is 1. The molecule has 3 aromatic carbocycles. The highest BCUT2D eigenvalue weighted by Crippen LogP contribution is 2.28. The van der Waals surface area contributed by atoms with Gasteiger partial charge in [0.05, 0.1) is 9.26 Å². The second-order valence-corrected chi connectivity index (χ2v) is 6.64. The van der Waals surface area contributed by atoms with E-state index in [1.807, 2.05) is 66.7 Å². The quantitative estimate of drug-likeness (QED) is 0.336. The number of hydrogen-bond acceptors (Lipinski definition) is 4. The molecule has 0 atom stereocenters. The monoisotopic (exact) mass is 440 g/mol. The number of hydrogen-bond donors (Lipinski definition) is 1. The maximum absolute atomic E-state index is 10.0. The van der Waals surface area contributed by atoms with Gasteiger partial charge in [-0.2, -0.15) is 0 Å². The summed E-state index contributed by atoms with van der Waals surface area (Å²) in [6.07, 6.45) is 1.65. The van der Waals surface area contributed by atoms with Gasteiger partial charge in [-0.3, -0.25) is 4.99 Å². The second-order valence-electron chi connectivity index (χ2n) is 5.47. The molecule has 0 amide bonds. The van der Waals surface area contributed by atoms with E-state index in [2.05, 4.69) is 32.6 Å². The Labute approximate surface area is 158 Å². The zero-order valence-corrected chi connectivity index (χ0v) is 15.2. The maximum atomic E-state index is 10.0. The standard InChI is InChI=1S/C20H13IN2O2/c21-16-8-4-7-14(19(16)24)12-22-15-9-10-17-18(11-15)25-20(23-17)13-5-2-1-3-6-13/h1-12,24H. The highest BCUT2D eigenvalue weighted by atomic mass is 127. The van der Waals surface area contributed by atoms with Crippen molar-refractivity contribution >= 4 is 45.6 Å². The van der Waals surface area contributed by atoms with Crippen LogP contribution in [0.15, 0.2) is 76.1 Å². The molecule has 0 unspecified atom stereocenters. The Morgan fingerprint density at radius 3 is 2.68 bits per heavy atom. The minimum Gasteiger partial charge on any atom is -0.506 e. The lowest BCUT2D eigenvalue weighted by Gasteiger charge is -2.00. The zero-order chi connectivity index (χ0) is 17.2. The Morgan fingerprint density at radius 1 is 1.00 bits per heavy atom. The van der Waals surface area contributed by atoms with Gasteiger partial charge in [0, 0.05) is 23.4 Å². The first-order chi connectivity index (χ1) is 12.2. The Bertz CT molecular complexity index is 1070. The van der Waals surface area contributed by atoms with Crippen LogP contribution in [0.2, 0.25) is 0 Å². The SMILES string of the molecule is Oc1c(I)cccc1C=Nc1ccc2nc(-c3ccccc3)oc2c1. The molecule has 0 saturated carbocycles. The number of benzene rings is 3. The summed E-state index contributed by atoms with van der Waals surface area (Å²) in [4.78, 5) is 8.94. The number of aliphatic imine (C=N–C) groups is 1. The van der Waals surface area contributed by atoms with Crippen molar-refractivity contribution in [3.63, 3.8) is 0 Å². The van der Waals surface area contributed by atoms with Crippen molar-refractivity contribution in [3.8, 4) is 17.2 Å². The van der Waals surface area contributed by atoms with E-state index < -0.39 is 0 Å². The highest BCUT2D eigenvalue weighted by Gasteiger charge is 2.08. The molecular formula is C20H13IN2O2. The third-order valence-corrected chi connectivity index (χ3v) is 4.63. The van der Waals surface area contributed by atoms with E-state index in [1.165, 1.54) is 0 Å². The summed E-state index contributed by atoms with van der Waals surface area (Å²) in [6.45, 7) is 0. The number of nitrogens with zero attached hydrogens (tertiary/aromatic N) is 2. The van der Waals surface area contributed by atoms with Gasteiger partial charge in [0.1, 0.15) is 11.3 Å². The summed E-state index contributed by atoms with van der Waals surface area (Å²) in [5.41, 5.74) is 3.82. The summed E-state index contributed by atoms with van der Waals surface area (Å²) in [6, 6.07) is 20.9. The smallest absolute Gasteiger partial charge is 0.227 e. The minimum absolute atomic E-state index is 0.235. The van der Waals surface area contributed by atoms with E-state index in [4.69, 9.17) is 4.42 Å². The predicted molar refractivity (Wildman–Crippen MR) is 108 cm³/mol. The van der Waals surface area contributed by atoms with Gasteiger partial charge in [0.2, 0.25) is 5.89 Å². The highest BCUT2D eigenvalue weighted by molar-refractivity contribution is 14.1. The van der Waals surface area contributed by atoms with Gasteiger partial charge in [-0.25, -0.2) is 4.98 Å². The van der Waals surface area contributed by atoms with Crippen LogP contribution in [-0.4, -0.2) is 16.3 Å². The third kappa shape index (κ3) is 3.28. The number of rotatable bonds is 3. The van der Waals surface area contributed by atoms with Crippen LogP contribution in [0.25, 0.3) is 22.6 Å². The molecule has 4 nitrogen and oxygen atoms in total. The van der Waals surface area contributed by atoms with E-state index in [1.54, 1.807) is 6.21 Å². The number of aromatic hydroxyl groups is 1. The average Bonchev–Trinajstić information content (AvgIpc) is 3.07. The molecule has 0 spiro atoms. The molecule has 5 heteroatoms. The summed E-state index contributed by atoms with van der Waals surface area (Å²) >= 11 is 2.09. The first-order valence-electron chi connectivity index (χ1n) is 7.68. The molecule has 4 rings (SSSR count). The van der Waals surface area contributed by atoms with Crippen LogP contribution in [0.3, 0.4) is 0 Å². The fourth-order valence-corrected chi connectivity index (χ4v) is 3.00. The van der Waals surface area contributed by atoms with Crippen LogP contribution in [0.5, 0.6) is 5.75 Å². The van der Waals surface area contributed by atoms with E-state index in [0.717, 1.165) is 20.3 Å². The summed E-state index contributed by atoms with van der Waals surface area (Å²) < 4.78 is 6.65. The molecule has 1 N–H and O–H groups in total. The van der Waals surface area contributed by atoms with Crippen molar-refractivity contribution in [3.05, 3.63) is 75.9 Å². The summed E-state index contributed by atoms with van der Waals surface area (Å²) in [5, 5.41) is 10.0. The van der Waals surface area contributed by atoms with E-state index in [-0.39, 0.29) is 5.75 Å². The Morgan fingerprint density at radius 2 is 1.84 bits per heavy atom. The molecule has 0 saturated heterocycles. The van der Waals surface area contributed by atoms with Crippen molar-refractivity contribution in [2.45, 2.75) is 0 Å². The summed E-state index contributed by atoms with van der Waals surface area (Å²) in [5.74, 6) is 0.825. The van der Waals surface area contributed by atoms with Gasteiger partial charge in [0.25, 0.3) is 0 Å². The second kappa shape index (κ2) is 6.68. The Hall–Kier alpha value is -2.67. The van der Waals surface area contributed by atoms with Gasteiger partial charge >= 0.3 is 0 Å². The largest absolute Gasteiger partial charge is 0.506 e. The number of aromatic nitrogens is 1. The van der Waals surface area contributed by atoms with Gasteiger partial charge in [-0.1, -0.05) is 24.3 Å². The summed E-state index contributed by atoms with van der Waals surface area (Å²) in [7, 11) is 0. The van der Waals surface area contributed by atoms with E-state index >= 15 is 0 Å². The first-order valence-corrected chi connectivity index (χ1v) is 8.76. The molecule has 0 aliphatic heterocycles. The fourth-order valence-electron chi connectivity index (χ4n) is 2.48. The predicted octanol–water partition coefficient (Wildman–Crippen LogP) is 5.56. The van der Waals surface area contributed by atoms with Crippen molar-refractivity contribution < 1.29 is 9.52 Å². The van der Waals surface area contributed by atoms with Crippen molar-refractivity contribution in [1.29, 1.82) is 0 Å². The van der Waals surface area contributed by atoms with Crippen molar-refractivity contribution in [2.24, 2.45) is 4.99 Å². The van der Waals surface area contributed by atoms with Gasteiger partial charge < -0.3 is 9.52 Å². The van der Waals surface area contributed by atoms with E-state index in [9.17, 15) is 5.11 Å².